The molecule has 2 N–H and O–H groups in total. The van der Waals surface area contributed by atoms with Gasteiger partial charge in [0.2, 0.25) is 11.6 Å². The summed E-state index contributed by atoms with van der Waals surface area (Å²) >= 11 is 0. The lowest BCUT2D eigenvalue weighted by Crippen LogP contribution is -2.51. The zero-order chi connectivity index (χ0) is 20.5. The van der Waals surface area contributed by atoms with Gasteiger partial charge in [-0.1, -0.05) is 0 Å². The summed E-state index contributed by atoms with van der Waals surface area (Å²) in [6, 6.07) is 1.60. The van der Waals surface area contributed by atoms with Gasteiger partial charge in [-0.3, -0.25) is 10.2 Å². The average Bonchev–Trinajstić information content (AvgIpc) is 3.34. The molecule has 2 heterocycles. The topological polar surface area (TPSA) is 138 Å². The number of benzene rings is 1. The second-order valence-electron chi connectivity index (χ2n) is 5.66. The number of methoxy groups -OCH3 is 4. The van der Waals surface area contributed by atoms with Gasteiger partial charge < -0.3 is 33.2 Å². The van der Waals surface area contributed by atoms with Crippen LogP contribution < -0.4 is 14.9 Å². The van der Waals surface area contributed by atoms with Crippen molar-refractivity contribution in [2.45, 2.75) is 12.1 Å². The molecule has 150 valence electrons. The molecule has 11 heteroatoms. The molecule has 11 nitrogen and oxygen atoms in total. The van der Waals surface area contributed by atoms with Crippen molar-refractivity contribution in [1.29, 1.82) is 0 Å². The first-order chi connectivity index (χ1) is 13.4. The minimum absolute atomic E-state index is 0.00334. The molecule has 0 saturated carbocycles. The third-order valence-corrected chi connectivity index (χ3v) is 4.16. The number of ether oxygens (including phenoxy) is 5. The number of phenols is 1. The molecule has 1 aromatic carbocycles. The first kappa shape index (κ1) is 19.1. The Bertz CT molecular complexity index is 965. The van der Waals surface area contributed by atoms with Crippen molar-refractivity contribution >= 4 is 28.8 Å². The molecule has 0 spiro atoms. The third kappa shape index (κ3) is 2.80. The van der Waals surface area contributed by atoms with Crippen LogP contribution in [0, 0.1) is 0 Å². The summed E-state index contributed by atoms with van der Waals surface area (Å²) in [4.78, 5) is 24.0. The Hall–Kier alpha value is -3.63. The van der Waals surface area contributed by atoms with Crippen molar-refractivity contribution < 1.29 is 42.8 Å². The monoisotopic (exact) mass is 394 g/mol. The van der Waals surface area contributed by atoms with Crippen LogP contribution in [0.2, 0.25) is 0 Å². The minimum atomic E-state index is -1.97. The van der Waals surface area contributed by atoms with Crippen LogP contribution >= 0.6 is 0 Å². The molecular formula is C17H18N2O9. The lowest BCUT2D eigenvalue weighted by molar-refractivity contribution is -0.168. The van der Waals surface area contributed by atoms with Crippen LogP contribution in [0.4, 0.5) is 0 Å². The summed E-state index contributed by atoms with van der Waals surface area (Å²) in [6.45, 7) is 0. The van der Waals surface area contributed by atoms with Crippen molar-refractivity contribution in [2.75, 3.05) is 28.4 Å². The van der Waals surface area contributed by atoms with Crippen LogP contribution in [0.1, 0.15) is 12.0 Å². The van der Waals surface area contributed by atoms with Crippen LogP contribution in [-0.4, -0.2) is 57.1 Å². The van der Waals surface area contributed by atoms with Gasteiger partial charge in [-0.05, 0) is 6.07 Å². The van der Waals surface area contributed by atoms with Crippen molar-refractivity contribution in [3.05, 3.63) is 17.9 Å². The minimum Gasteiger partial charge on any atom is -0.504 e. The number of fused-ring (bicyclic) bond motifs is 1. The van der Waals surface area contributed by atoms with Crippen LogP contribution in [0.15, 0.2) is 21.8 Å². The third-order valence-electron chi connectivity index (χ3n) is 4.16. The second-order valence-corrected chi connectivity index (χ2v) is 5.66. The predicted octanol–water partition coefficient (Wildman–Crippen LogP) is 0.869. The molecule has 0 aliphatic carbocycles. The Morgan fingerprint density at radius 3 is 2.50 bits per heavy atom. The average molecular weight is 394 g/mol. The molecular weight excluding hydrogens is 376 g/mol. The predicted molar refractivity (Wildman–Crippen MR) is 93.1 cm³/mol. The number of aromatic hydroxyl groups is 1. The molecule has 1 aliphatic heterocycles. The number of hydrogen-bond acceptors (Lipinski definition) is 11. The lowest BCUT2D eigenvalue weighted by Gasteiger charge is -2.24. The van der Waals surface area contributed by atoms with Gasteiger partial charge in [-0.2, -0.15) is 0 Å². The van der Waals surface area contributed by atoms with E-state index in [9.17, 15) is 14.7 Å². The highest BCUT2D eigenvalue weighted by Crippen LogP contribution is 2.46. The van der Waals surface area contributed by atoms with E-state index in [0.29, 0.717) is 5.39 Å². The lowest BCUT2D eigenvalue weighted by atomic mass is 10.1. The normalized spacial score (nSPS) is 18.1. The summed E-state index contributed by atoms with van der Waals surface area (Å²) < 4.78 is 30.9. The quantitative estimate of drug-likeness (QED) is 0.679. The number of hydrazone groups is 1. The second kappa shape index (κ2) is 7.18. The summed E-state index contributed by atoms with van der Waals surface area (Å²) in [5, 5.41) is 15.1. The Labute approximate surface area is 158 Å². The van der Waals surface area contributed by atoms with E-state index in [1.54, 1.807) is 6.07 Å². The number of furan rings is 1. The molecule has 1 unspecified atom stereocenters. The van der Waals surface area contributed by atoms with Gasteiger partial charge in [0.1, 0.15) is 17.7 Å². The van der Waals surface area contributed by atoms with E-state index >= 15 is 0 Å². The molecule has 1 aromatic heterocycles. The largest absolute Gasteiger partial charge is 0.504 e. The van der Waals surface area contributed by atoms with Crippen molar-refractivity contribution in [2.24, 2.45) is 5.10 Å². The number of nitrogens with one attached hydrogen (secondary N) is 1. The van der Waals surface area contributed by atoms with Gasteiger partial charge in [0, 0.05) is 0 Å². The number of carbonyl (C=O) groups is 2. The van der Waals surface area contributed by atoms with E-state index in [2.05, 4.69) is 15.3 Å². The van der Waals surface area contributed by atoms with Crippen LogP contribution in [0.3, 0.4) is 0 Å². The first-order valence-electron chi connectivity index (χ1n) is 7.96. The fourth-order valence-electron chi connectivity index (χ4n) is 2.86. The number of esters is 2. The molecule has 1 atom stereocenters. The SMILES string of the molecule is COC(=O)CC1(C(=O)OC)NN=C(c2c(O)c(OC)c3occc3c2OC)O1. The van der Waals surface area contributed by atoms with Gasteiger partial charge in [0.15, 0.2) is 11.3 Å². The summed E-state index contributed by atoms with van der Waals surface area (Å²) in [5.41, 5.74) is 0.734. The van der Waals surface area contributed by atoms with E-state index in [1.165, 1.54) is 20.5 Å². The van der Waals surface area contributed by atoms with Crippen LogP contribution in [-0.2, 0) is 23.8 Å². The van der Waals surface area contributed by atoms with Crippen molar-refractivity contribution in [3.8, 4) is 17.2 Å². The molecule has 0 radical (unpaired) electrons. The highest BCUT2D eigenvalue weighted by atomic mass is 16.6. The van der Waals surface area contributed by atoms with Gasteiger partial charge in [0.05, 0.1) is 40.1 Å². The maximum Gasteiger partial charge on any atom is 0.374 e. The van der Waals surface area contributed by atoms with Crippen LogP contribution in [0.25, 0.3) is 11.0 Å². The van der Waals surface area contributed by atoms with Gasteiger partial charge in [0.25, 0.3) is 0 Å². The number of hydrogen-bond donors (Lipinski definition) is 2. The van der Waals surface area contributed by atoms with Crippen LogP contribution in [0.5, 0.6) is 17.2 Å². The first-order valence-corrected chi connectivity index (χ1v) is 7.96. The molecule has 0 fully saturated rings. The number of carbonyl (C=O) groups excluding carboxylic acids is 2. The van der Waals surface area contributed by atoms with E-state index < -0.39 is 24.1 Å². The summed E-state index contributed by atoms with van der Waals surface area (Å²) in [6.07, 6.45) is 0.863. The summed E-state index contributed by atoms with van der Waals surface area (Å²) in [7, 11) is 5.01. The highest BCUT2D eigenvalue weighted by molar-refractivity contribution is 6.09. The number of rotatable bonds is 6. The molecule has 0 bridgehead atoms. The fourth-order valence-corrected chi connectivity index (χ4v) is 2.86. The van der Waals surface area contributed by atoms with Crippen molar-refractivity contribution in [1.82, 2.24) is 5.43 Å². The molecule has 1 aliphatic rings. The molecule has 0 amide bonds. The zero-order valence-electron chi connectivity index (χ0n) is 15.5. The molecule has 0 saturated heterocycles. The number of phenolic OH excluding ortho intramolecular Hbond substituents is 1. The Balaban J connectivity index is 2.12. The van der Waals surface area contributed by atoms with Crippen molar-refractivity contribution in [3.63, 3.8) is 0 Å². The number of nitrogens with zero attached hydrogens (tertiary/aromatic N) is 1. The molecule has 2 aromatic rings. The maximum atomic E-state index is 12.3. The van der Waals surface area contributed by atoms with E-state index in [-0.39, 0.29) is 34.3 Å². The highest BCUT2D eigenvalue weighted by Gasteiger charge is 2.50. The van der Waals surface area contributed by atoms with E-state index in [4.69, 9.17) is 23.4 Å². The zero-order valence-corrected chi connectivity index (χ0v) is 15.5. The van der Waals surface area contributed by atoms with E-state index in [1.807, 2.05) is 0 Å². The maximum absolute atomic E-state index is 12.3. The summed E-state index contributed by atoms with van der Waals surface area (Å²) in [5.74, 6) is -2.07. The Morgan fingerprint density at radius 1 is 1.18 bits per heavy atom. The Morgan fingerprint density at radius 2 is 1.89 bits per heavy atom. The fraction of sp³-hybridized carbons (Fsp3) is 0.353. The Kier molecular flexibility index (Phi) is 4.91. The van der Waals surface area contributed by atoms with Gasteiger partial charge >= 0.3 is 17.7 Å². The standard InChI is InChI=1S/C17H18N2O9/c1-23-9(20)7-17(16(22)26-4)19-18-15(28-17)10-11(21)14(25-3)13-8(5-6-27-13)12(10)24-2/h5-6,19,21H,7H2,1-4H3. The van der Waals surface area contributed by atoms with E-state index in [0.717, 1.165) is 14.2 Å². The van der Waals surface area contributed by atoms with Gasteiger partial charge in [-0.25, -0.2) is 4.79 Å². The molecule has 28 heavy (non-hydrogen) atoms. The smallest absolute Gasteiger partial charge is 0.374 e. The molecule has 3 rings (SSSR count). The van der Waals surface area contributed by atoms with Gasteiger partial charge in [-0.15, -0.1) is 5.10 Å².